The highest BCUT2D eigenvalue weighted by Crippen LogP contribution is 2.07. The number of nitrogens with zero attached hydrogens (tertiary/aromatic N) is 1. The highest BCUT2D eigenvalue weighted by atomic mass is 16.5. The molecule has 1 aromatic carbocycles. The summed E-state index contributed by atoms with van der Waals surface area (Å²) in [4.78, 5) is 2.07. The first-order valence-electron chi connectivity index (χ1n) is 5.79. The van der Waals surface area contributed by atoms with Gasteiger partial charge in [0, 0.05) is 26.7 Å². The average Bonchev–Trinajstić information content (AvgIpc) is 2.29. The van der Waals surface area contributed by atoms with Crippen LogP contribution in [-0.2, 0) is 17.8 Å². The van der Waals surface area contributed by atoms with E-state index in [1.807, 2.05) is 19.2 Å². The number of rotatable bonds is 7. The fraction of sp³-hybridized carbons (Fsp3) is 0.538. The fourth-order valence-electron chi connectivity index (χ4n) is 1.84. The lowest BCUT2D eigenvalue weighted by atomic mass is 10.1. The fourth-order valence-corrected chi connectivity index (χ4v) is 1.84. The van der Waals surface area contributed by atoms with E-state index < -0.39 is 6.10 Å². The third-order valence-electron chi connectivity index (χ3n) is 2.56. The molecule has 3 N–H and O–H groups in total. The predicted octanol–water partition coefficient (Wildman–Crippen LogP) is 0.584. The molecule has 1 aromatic rings. The lowest BCUT2D eigenvalue weighted by Crippen LogP contribution is -2.31. The minimum Gasteiger partial charge on any atom is -0.389 e. The molecule has 4 nitrogen and oxygen atoms in total. The van der Waals surface area contributed by atoms with Crippen LogP contribution >= 0.6 is 0 Å². The number of hydrogen-bond donors (Lipinski definition) is 2. The second-order valence-corrected chi connectivity index (χ2v) is 4.33. The number of likely N-dealkylation sites (N-methyl/N-ethyl adjacent to an activating group) is 1. The van der Waals surface area contributed by atoms with Gasteiger partial charge in [-0.25, -0.2) is 0 Å². The van der Waals surface area contributed by atoms with Crippen LogP contribution in [0.3, 0.4) is 0 Å². The Hall–Kier alpha value is -0.940. The number of nitrogens with two attached hydrogens (primary N) is 1. The van der Waals surface area contributed by atoms with Crippen LogP contribution in [0.1, 0.15) is 11.1 Å². The van der Waals surface area contributed by atoms with E-state index in [2.05, 4.69) is 17.0 Å². The highest BCUT2D eigenvalue weighted by molar-refractivity contribution is 5.23. The Morgan fingerprint density at radius 2 is 2.12 bits per heavy atom. The van der Waals surface area contributed by atoms with Gasteiger partial charge in [-0.15, -0.1) is 0 Å². The normalized spacial score (nSPS) is 13.0. The number of hydrogen-bond acceptors (Lipinski definition) is 4. The van der Waals surface area contributed by atoms with Gasteiger partial charge in [0.15, 0.2) is 0 Å². The molecule has 96 valence electrons. The van der Waals surface area contributed by atoms with Crippen molar-refractivity contribution in [2.75, 3.05) is 27.3 Å². The molecule has 4 heteroatoms. The third-order valence-corrected chi connectivity index (χ3v) is 2.56. The summed E-state index contributed by atoms with van der Waals surface area (Å²) in [7, 11) is 3.57. The van der Waals surface area contributed by atoms with E-state index in [0.29, 0.717) is 19.7 Å². The van der Waals surface area contributed by atoms with Crippen molar-refractivity contribution in [1.29, 1.82) is 0 Å². The lowest BCUT2D eigenvalue weighted by Gasteiger charge is -2.20. The Kier molecular flexibility index (Phi) is 6.15. The minimum absolute atomic E-state index is 0.368. The zero-order chi connectivity index (χ0) is 12.7. The van der Waals surface area contributed by atoms with E-state index in [-0.39, 0.29) is 0 Å². The predicted molar refractivity (Wildman–Crippen MR) is 68.6 cm³/mol. The Morgan fingerprint density at radius 1 is 1.41 bits per heavy atom. The second-order valence-electron chi connectivity index (χ2n) is 4.33. The summed E-state index contributed by atoms with van der Waals surface area (Å²) in [6.07, 6.45) is -0.442. The van der Waals surface area contributed by atoms with Crippen LogP contribution in [0.2, 0.25) is 0 Å². The van der Waals surface area contributed by atoms with Gasteiger partial charge in [-0.2, -0.15) is 0 Å². The number of ether oxygens (including phenoxy) is 1. The van der Waals surface area contributed by atoms with Crippen LogP contribution < -0.4 is 5.73 Å². The molecule has 0 aliphatic carbocycles. The zero-order valence-electron chi connectivity index (χ0n) is 10.6. The summed E-state index contributed by atoms with van der Waals surface area (Å²) in [5, 5.41) is 9.61. The Balaban J connectivity index is 2.46. The molecule has 0 fully saturated rings. The van der Waals surface area contributed by atoms with Crippen LogP contribution in [0, 0.1) is 0 Å². The second kappa shape index (κ2) is 7.40. The summed E-state index contributed by atoms with van der Waals surface area (Å²) >= 11 is 0. The van der Waals surface area contributed by atoms with Gasteiger partial charge in [-0.3, -0.25) is 4.90 Å². The van der Waals surface area contributed by atoms with Crippen molar-refractivity contribution in [3.8, 4) is 0 Å². The van der Waals surface area contributed by atoms with E-state index >= 15 is 0 Å². The molecular formula is C13H22N2O2. The maximum Gasteiger partial charge on any atom is 0.0900 e. The lowest BCUT2D eigenvalue weighted by molar-refractivity contribution is 0.0419. The SMILES string of the molecule is COCC(O)CN(C)Cc1cccc(CN)c1. The average molecular weight is 238 g/mol. The van der Waals surface area contributed by atoms with Crippen molar-refractivity contribution in [2.45, 2.75) is 19.2 Å². The van der Waals surface area contributed by atoms with Gasteiger partial charge < -0.3 is 15.6 Å². The summed E-state index contributed by atoms with van der Waals surface area (Å²) in [5.74, 6) is 0. The zero-order valence-corrected chi connectivity index (χ0v) is 10.6. The molecule has 0 spiro atoms. The molecule has 1 rings (SSSR count). The van der Waals surface area contributed by atoms with Crippen molar-refractivity contribution >= 4 is 0 Å². The smallest absolute Gasteiger partial charge is 0.0900 e. The molecule has 0 heterocycles. The molecule has 1 atom stereocenters. The maximum atomic E-state index is 9.61. The van der Waals surface area contributed by atoms with Crippen molar-refractivity contribution in [2.24, 2.45) is 5.73 Å². The van der Waals surface area contributed by atoms with E-state index in [0.717, 1.165) is 12.1 Å². The van der Waals surface area contributed by atoms with E-state index in [4.69, 9.17) is 10.5 Å². The van der Waals surface area contributed by atoms with E-state index in [1.165, 1.54) is 5.56 Å². The topological polar surface area (TPSA) is 58.7 Å². The van der Waals surface area contributed by atoms with Crippen LogP contribution in [-0.4, -0.2) is 43.4 Å². The maximum absolute atomic E-state index is 9.61. The molecule has 0 aliphatic heterocycles. The number of methoxy groups -OCH3 is 1. The monoisotopic (exact) mass is 238 g/mol. The summed E-state index contributed by atoms with van der Waals surface area (Å²) in [6, 6.07) is 8.19. The van der Waals surface area contributed by atoms with Crippen LogP contribution in [0.25, 0.3) is 0 Å². The summed E-state index contributed by atoms with van der Waals surface area (Å²) < 4.78 is 4.90. The van der Waals surface area contributed by atoms with Gasteiger partial charge >= 0.3 is 0 Å². The van der Waals surface area contributed by atoms with Gasteiger partial charge in [-0.1, -0.05) is 24.3 Å². The molecule has 17 heavy (non-hydrogen) atoms. The first-order valence-corrected chi connectivity index (χ1v) is 5.79. The minimum atomic E-state index is -0.442. The van der Waals surface area contributed by atoms with Crippen molar-refractivity contribution in [3.63, 3.8) is 0 Å². The van der Waals surface area contributed by atoms with Crippen LogP contribution in [0.4, 0.5) is 0 Å². The van der Waals surface area contributed by atoms with Gasteiger partial charge in [0.1, 0.15) is 0 Å². The first-order chi connectivity index (χ1) is 8.15. The molecule has 0 radical (unpaired) electrons. The van der Waals surface area contributed by atoms with Crippen LogP contribution in [0.15, 0.2) is 24.3 Å². The number of aliphatic hydroxyl groups excluding tert-OH is 1. The molecule has 0 aromatic heterocycles. The molecule has 0 bridgehead atoms. The Morgan fingerprint density at radius 3 is 2.76 bits per heavy atom. The standard InChI is InChI=1S/C13H22N2O2/c1-15(9-13(16)10-17-2)8-12-5-3-4-11(6-12)7-14/h3-6,13,16H,7-10,14H2,1-2H3. The van der Waals surface area contributed by atoms with Gasteiger partial charge in [-0.05, 0) is 18.2 Å². The Bertz CT molecular complexity index is 331. The quantitative estimate of drug-likeness (QED) is 0.730. The summed E-state index contributed by atoms with van der Waals surface area (Å²) in [6.45, 7) is 2.33. The molecule has 0 aliphatic rings. The van der Waals surface area contributed by atoms with Gasteiger partial charge in [0.2, 0.25) is 0 Å². The van der Waals surface area contributed by atoms with Crippen molar-refractivity contribution in [1.82, 2.24) is 4.90 Å². The van der Waals surface area contributed by atoms with E-state index in [9.17, 15) is 5.11 Å². The van der Waals surface area contributed by atoms with Gasteiger partial charge in [0.25, 0.3) is 0 Å². The first kappa shape index (κ1) is 14.1. The largest absolute Gasteiger partial charge is 0.389 e. The van der Waals surface area contributed by atoms with Crippen molar-refractivity contribution < 1.29 is 9.84 Å². The third kappa shape index (κ3) is 5.28. The number of aliphatic hydroxyl groups is 1. The molecule has 1 unspecified atom stereocenters. The van der Waals surface area contributed by atoms with Crippen molar-refractivity contribution in [3.05, 3.63) is 35.4 Å². The van der Waals surface area contributed by atoms with E-state index in [1.54, 1.807) is 7.11 Å². The van der Waals surface area contributed by atoms with Crippen LogP contribution in [0.5, 0.6) is 0 Å². The highest BCUT2D eigenvalue weighted by Gasteiger charge is 2.08. The molecule has 0 amide bonds. The Labute approximate surface area is 103 Å². The molecule has 0 saturated carbocycles. The molecular weight excluding hydrogens is 216 g/mol. The van der Waals surface area contributed by atoms with Gasteiger partial charge in [0.05, 0.1) is 12.7 Å². The summed E-state index contributed by atoms with van der Waals surface area (Å²) in [5.41, 5.74) is 7.94. The number of benzene rings is 1. The molecule has 0 saturated heterocycles.